The van der Waals surface area contributed by atoms with Crippen LogP contribution in [0.4, 0.5) is 13.2 Å². The van der Waals surface area contributed by atoms with Crippen molar-refractivity contribution in [1.82, 2.24) is 9.80 Å². The Hall–Kier alpha value is -1.31. The molecule has 0 bridgehead atoms. The molecule has 0 radical (unpaired) electrons. The normalized spacial score (nSPS) is 21.5. The molecule has 1 saturated heterocycles. The molecule has 1 heterocycles. The first-order valence-corrected chi connectivity index (χ1v) is 8.50. The van der Waals surface area contributed by atoms with Gasteiger partial charge in [0.05, 0.1) is 11.8 Å². The zero-order valence-electron chi connectivity index (χ0n) is 14.3. The first-order chi connectivity index (χ1) is 11.2. The van der Waals surface area contributed by atoms with Gasteiger partial charge < -0.3 is 14.9 Å². The molecule has 0 spiro atoms. The maximum absolute atomic E-state index is 12.9. The van der Waals surface area contributed by atoms with E-state index in [-0.39, 0.29) is 18.9 Å². The van der Waals surface area contributed by atoms with E-state index >= 15 is 0 Å². The van der Waals surface area contributed by atoms with Crippen LogP contribution in [0.1, 0.15) is 39.5 Å². The predicted octanol–water partition coefficient (Wildman–Crippen LogP) is 2.61. The van der Waals surface area contributed by atoms with Crippen LogP contribution in [0, 0.1) is 11.8 Å². The number of halogens is 3. The maximum Gasteiger partial charge on any atom is 0.394 e. The van der Waals surface area contributed by atoms with Gasteiger partial charge >= 0.3 is 12.1 Å². The highest BCUT2D eigenvalue weighted by molar-refractivity contribution is 5.79. The Morgan fingerprint density at radius 2 is 1.71 bits per heavy atom. The van der Waals surface area contributed by atoms with Crippen molar-refractivity contribution in [2.24, 2.45) is 11.8 Å². The second-order valence-electron chi connectivity index (χ2n) is 6.34. The third-order valence-electron chi connectivity index (χ3n) is 4.35. The van der Waals surface area contributed by atoms with Gasteiger partial charge in [-0.1, -0.05) is 13.8 Å². The Bertz CT molecular complexity index is 423. The summed E-state index contributed by atoms with van der Waals surface area (Å²) in [5.74, 6) is -5.42. The molecule has 1 aliphatic heterocycles. The number of amides is 1. The molecule has 5 nitrogen and oxygen atoms in total. The second kappa shape index (κ2) is 9.25. The minimum Gasteiger partial charge on any atom is -0.481 e. The number of carboxylic acid groups (broad SMARTS) is 1. The highest BCUT2D eigenvalue weighted by atomic mass is 19.4. The fourth-order valence-electron chi connectivity index (χ4n) is 3.17. The molecule has 0 aromatic carbocycles. The second-order valence-corrected chi connectivity index (χ2v) is 6.34. The molecule has 0 saturated carbocycles. The molecular weight excluding hydrogens is 325 g/mol. The van der Waals surface area contributed by atoms with Crippen LogP contribution in [0.15, 0.2) is 0 Å². The van der Waals surface area contributed by atoms with E-state index in [1.807, 2.05) is 0 Å². The van der Waals surface area contributed by atoms with Crippen LogP contribution in [-0.4, -0.2) is 65.7 Å². The molecule has 1 amide bonds. The van der Waals surface area contributed by atoms with Gasteiger partial charge in [0.2, 0.25) is 5.91 Å². The number of carbonyl (C=O) groups excluding carboxylic acids is 1. The molecular formula is C16H27F3N2O3. The number of alkyl halides is 3. The third-order valence-corrected chi connectivity index (χ3v) is 4.35. The van der Waals surface area contributed by atoms with Crippen molar-refractivity contribution in [3.8, 4) is 0 Å². The van der Waals surface area contributed by atoms with E-state index < -0.39 is 30.5 Å². The van der Waals surface area contributed by atoms with Gasteiger partial charge in [0.1, 0.15) is 0 Å². The van der Waals surface area contributed by atoms with E-state index in [0.29, 0.717) is 6.42 Å². The lowest BCUT2D eigenvalue weighted by Crippen LogP contribution is -2.34. The zero-order chi connectivity index (χ0) is 18.3. The third kappa shape index (κ3) is 5.96. The van der Waals surface area contributed by atoms with Crippen LogP contribution in [0.2, 0.25) is 0 Å². The van der Waals surface area contributed by atoms with E-state index in [1.54, 1.807) is 0 Å². The van der Waals surface area contributed by atoms with Crippen molar-refractivity contribution in [3.05, 3.63) is 0 Å². The zero-order valence-corrected chi connectivity index (χ0v) is 14.3. The summed E-state index contributed by atoms with van der Waals surface area (Å²) in [5, 5.41) is 8.97. The number of likely N-dealkylation sites (tertiary alicyclic amines) is 1. The van der Waals surface area contributed by atoms with Crippen molar-refractivity contribution < 1.29 is 27.9 Å². The molecule has 24 heavy (non-hydrogen) atoms. The van der Waals surface area contributed by atoms with E-state index in [2.05, 4.69) is 18.7 Å². The Morgan fingerprint density at radius 1 is 1.12 bits per heavy atom. The van der Waals surface area contributed by atoms with Gasteiger partial charge in [0.25, 0.3) is 0 Å². The Kier molecular flexibility index (Phi) is 7.99. The molecule has 0 aromatic rings. The number of hydrogen-bond acceptors (Lipinski definition) is 3. The Morgan fingerprint density at radius 3 is 2.12 bits per heavy atom. The fraction of sp³-hybridized carbons (Fsp3) is 0.875. The van der Waals surface area contributed by atoms with Crippen molar-refractivity contribution in [3.63, 3.8) is 0 Å². The fourth-order valence-corrected chi connectivity index (χ4v) is 3.17. The lowest BCUT2D eigenvalue weighted by Gasteiger charge is -2.22. The minimum atomic E-state index is -4.60. The molecule has 0 aliphatic carbocycles. The standard InChI is InChI=1S/C16H27F3N2O3/c1-3-7-20(8-4-2)9-5-6-14(22)21-10-12(15(23)24)13(11-21)16(17,18)19/h12-13H,3-11H2,1-2H3,(H,23,24)/t12-,13-/m1/s1. The predicted molar refractivity (Wildman–Crippen MR) is 83.5 cm³/mol. The molecule has 1 fully saturated rings. The molecule has 1 rings (SSSR count). The molecule has 0 aromatic heterocycles. The van der Waals surface area contributed by atoms with Gasteiger partial charge in [-0.25, -0.2) is 0 Å². The highest BCUT2D eigenvalue weighted by Crippen LogP contribution is 2.37. The maximum atomic E-state index is 12.9. The summed E-state index contributed by atoms with van der Waals surface area (Å²) in [6.07, 6.45) is -1.86. The number of rotatable bonds is 9. The summed E-state index contributed by atoms with van der Waals surface area (Å²) in [7, 11) is 0. The number of hydrogen-bond donors (Lipinski definition) is 1. The first kappa shape index (κ1) is 20.7. The van der Waals surface area contributed by atoms with E-state index in [1.165, 1.54) is 0 Å². The smallest absolute Gasteiger partial charge is 0.394 e. The summed E-state index contributed by atoms with van der Waals surface area (Å²) in [6.45, 7) is 5.83. The van der Waals surface area contributed by atoms with E-state index in [9.17, 15) is 22.8 Å². The molecule has 2 atom stereocenters. The Balaban J connectivity index is 2.52. The van der Waals surface area contributed by atoms with Gasteiger partial charge in [-0.05, 0) is 38.9 Å². The summed E-state index contributed by atoms with van der Waals surface area (Å²) < 4.78 is 38.8. The SMILES string of the molecule is CCCN(CCC)CCCC(=O)N1C[C@@H](C(F)(F)F)[C@H](C(=O)O)C1. The number of aliphatic carboxylic acids is 1. The highest BCUT2D eigenvalue weighted by Gasteiger charge is 2.53. The topological polar surface area (TPSA) is 60.9 Å². The first-order valence-electron chi connectivity index (χ1n) is 8.50. The van der Waals surface area contributed by atoms with E-state index in [0.717, 1.165) is 37.4 Å². The van der Waals surface area contributed by atoms with Crippen LogP contribution in [0.3, 0.4) is 0 Å². The number of carboxylic acids is 1. The number of carbonyl (C=O) groups is 2. The van der Waals surface area contributed by atoms with Crippen molar-refractivity contribution >= 4 is 11.9 Å². The molecule has 1 N–H and O–H groups in total. The largest absolute Gasteiger partial charge is 0.481 e. The molecule has 1 aliphatic rings. The van der Waals surface area contributed by atoms with Crippen LogP contribution in [0.5, 0.6) is 0 Å². The monoisotopic (exact) mass is 352 g/mol. The quantitative estimate of drug-likeness (QED) is 0.693. The van der Waals surface area contributed by atoms with Crippen LogP contribution in [-0.2, 0) is 9.59 Å². The Labute approximate surface area is 140 Å². The van der Waals surface area contributed by atoms with Crippen molar-refractivity contribution in [2.45, 2.75) is 45.7 Å². The average molecular weight is 352 g/mol. The lowest BCUT2D eigenvalue weighted by molar-refractivity contribution is -0.188. The van der Waals surface area contributed by atoms with Crippen molar-refractivity contribution in [2.75, 3.05) is 32.7 Å². The van der Waals surface area contributed by atoms with E-state index in [4.69, 9.17) is 5.11 Å². The van der Waals surface area contributed by atoms with Crippen LogP contribution < -0.4 is 0 Å². The molecule has 8 heteroatoms. The molecule has 0 unspecified atom stereocenters. The van der Waals surface area contributed by atoms with Crippen LogP contribution in [0.25, 0.3) is 0 Å². The lowest BCUT2D eigenvalue weighted by atomic mass is 9.96. The van der Waals surface area contributed by atoms with Gasteiger partial charge in [0, 0.05) is 19.5 Å². The summed E-state index contributed by atoms with van der Waals surface area (Å²) >= 11 is 0. The summed E-state index contributed by atoms with van der Waals surface area (Å²) in [4.78, 5) is 26.4. The summed E-state index contributed by atoms with van der Waals surface area (Å²) in [6, 6.07) is 0. The van der Waals surface area contributed by atoms with Gasteiger partial charge in [-0.3, -0.25) is 9.59 Å². The van der Waals surface area contributed by atoms with Crippen molar-refractivity contribution in [1.29, 1.82) is 0 Å². The summed E-state index contributed by atoms with van der Waals surface area (Å²) in [5.41, 5.74) is 0. The van der Waals surface area contributed by atoms with Gasteiger partial charge in [-0.2, -0.15) is 13.2 Å². The van der Waals surface area contributed by atoms with Gasteiger partial charge in [0.15, 0.2) is 0 Å². The minimum absolute atomic E-state index is 0.154. The van der Waals surface area contributed by atoms with Crippen LogP contribution >= 0.6 is 0 Å². The molecule has 140 valence electrons. The number of nitrogens with zero attached hydrogens (tertiary/aromatic N) is 2. The average Bonchev–Trinajstić information content (AvgIpc) is 2.93. The van der Waals surface area contributed by atoms with Gasteiger partial charge in [-0.15, -0.1) is 0 Å².